The molecule has 0 aliphatic carbocycles. The van der Waals surface area contributed by atoms with Crippen LogP contribution in [0.5, 0.6) is 11.5 Å². The van der Waals surface area contributed by atoms with Crippen molar-refractivity contribution in [2.45, 2.75) is 19.3 Å². The van der Waals surface area contributed by atoms with E-state index < -0.39 is 0 Å². The molecule has 0 atom stereocenters. The van der Waals surface area contributed by atoms with E-state index in [1.54, 1.807) is 6.07 Å². The molecule has 0 unspecified atom stereocenters. The minimum atomic E-state index is -0.357. The minimum Gasteiger partial charge on any atom is -0.486 e. The van der Waals surface area contributed by atoms with E-state index in [0.29, 0.717) is 24.0 Å². The normalized spacial score (nSPS) is 15.5. The first-order valence-corrected chi connectivity index (χ1v) is 9.80. The standard InChI is InChI=1S/C21H19ClFN3O2/c22-17-11-13(23)4-6-15(17)20-16-3-1-2-8-24-21(16)26(25-20)14-5-7-18-19(12-14)28-10-9-27-18/h4-7,11-12,24H,1-3,8-10H2. The number of halogens is 2. The molecule has 1 aromatic heterocycles. The molecule has 5 nitrogen and oxygen atoms in total. The van der Waals surface area contributed by atoms with Crippen molar-refractivity contribution in [3.05, 3.63) is 52.8 Å². The summed E-state index contributed by atoms with van der Waals surface area (Å²) in [6.07, 6.45) is 3.01. The summed E-state index contributed by atoms with van der Waals surface area (Å²) in [5.41, 5.74) is 3.49. The van der Waals surface area contributed by atoms with E-state index in [1.807, 2.05) is 22.9 Å². The fourth-order valence-electron chi connectivity index (χ4n) is 3.75. The van der Waals surface area contributed by atoms with Gasteiger partial charge in [0.1, 0.15) is 24.8 Å². The first kappa shape index (κ1) is 17.4. The van der Waals surface area contributed by atoms with Gasteiger partial charge in [-0.2, -0.15) is 5.10 Å². The summed E-state index contributed by atoms with van der Waals surface area (Å²) in [5, 5.41) is 8.73. The van der Waals surface area contributed by atoms with Gasteiger partial charge in [0.05, 0.1) is 16.4 Å². The Bertz CT molecular complexity index is 1050. The number of ether oxygens (including phenoxy) is 2. The molecular formula is C21H19ClFN3O2. The Morgan fingerprint density at radius 2 is 1.89 bits per heavy atom. The Morgan fingerprint density at radius 3 is 2.75 bits per heavy atom. The maximum Gasteiger partial charge on any atom is 0.163 e. The number of aromatic nitrogens is 2. The van der Waals surface area contributed by atoms with Crippen LogP contribution in [0.4, 0.5) is 10.2 Å². The highest BCUT2D eigenvalue weighted by Crippen LogP contribution is 2.39. The van der Waals surface area contributed by atoms with E-state index in [1.165, 1.54) is 12.1 Å². The number of benzene rings is 2. The van der Waals surface area contributed by atoms with Gasteiger partial charge in [0.25, 0.3) is 0 Å². The highest BCUT2D eigenvalue weighted by Gasteiger charge is 2.24. The lowest BCUT2D eigenvalue weighted by Crippen LogP contribution is -2.15. The zero-order valence-corrected chi connectivity index (χ0v) is 15.9. The van der Waals surface area contributed by atoms with Crippen LogP contribution in [-0.4, -0.2) is 29.5 Å². The SMILES string of the molecule is Fc1ccc(-c2nn(-c3ccc4c(c3)OCCO4)c3c2CCCCN3)c(Cl)c1. The molecular weight excluding hydrogens is 381 g/mol. The number of nitrogens with one attached hydrogen (secondary N) is 1. The lowest BCUT2D eigenvalue weighted by atomic mass is 10.0. The molecule has 3 aromatic rings. The monoisotopic (exact) mass is 399 g/mol. The predicted molar refractivity (Wildman–Crippen MR) is 106 cm³/mol. The second-order valence-electron chi connectivity index (χ2n) is 6.92. The maximum absolute atomic E-state index is 13.5. The van der Waals surface area contributed by atoms with Crippen molar-refractivity contribution in [1.82, 2.24) is 9.78 Å². The van der Waals surface area contributed by atoms with E-state index in [2.05, 4.69) is 5.32 Å². The van der Waals surface area contributed by atoms with Crippen molar-refractivity contribution in [3.8, 4) is 28.4 Å². The molecule has 144 valence electrons. The van der Waals surface area contributed by atoms with Crippen LogP contribution in [0.25, 0.3) is 16.9 Å². The summed E-state index contributed by atoms with van der Waals surface area (Å²) in [6.45, 7) is 1.96. The van der Waals surface area contributed by atoms with Gasteiger partial charge in [0, 0.05) is 23.7 Å². The van der Waals surface area contributed by atoms with Crippen LogP contribution in [0.2, 0.25) is 5.02 Å². The third-order valence-electron chi connectivity index (χ3n) is 5.09. The summed E-state index contributed by atoms with van der Waals surface area (Å²) in [7, 11) is 0. The Labute approximate surface area is 167 Å². The fourth-order valence-corrected chi connectivity index (χ4v) is 4.01. The highest BCUT2D eigenvalue weighted by molar-refractivity contribution is 6.33. The number of nitrogens with zero attached hydrogens (tertiary/aromatic N) is 2. The predicted octanol–water partition coefficient (Wildman–Crippen LogP) is 4.85. The highest BCUT2D eigenvalue weighted by atomic mass is 35.5. The molecule has 0 radical (unpaired) electrons. The molecule has 2 aliphatic heterocycles. The molecule has 1 N–H and O–H groups in total. The first-order chi connectivity index (χ1) is 13.7. The number of fused-ring (bicyclic) bond motifs is 2. The second kappa shape index (κ2) is 7.02. The van der Waals surface area contributed by atoms with Gasteiger partial charge in [-0.05, 0) is 49.6 Å². The van der Waals surface area contributed by atoms with Gasteiger partial charge in [-0.1, -0.05) is 11.6 Å². The van der Waals surface area contributed by atoms with Gasteiger partial charge in [0.15, 0.2) is 11.5 Å². The third-order valence-corrected chi connectivity index (χ3v) is 5.40. The average Bonchev–Trinajstić information content (AvgIpc) is 2.89. The van der Waals surface area contributed by atoms with Crippen LogP contribution in [0.1, 0.15) is 18.4 Å². The lowest BCUT2D eigenvalue weighted by Gasteiger charge is -2.19. The molecule has 0 amide bonds. The summed E-state index contributed by atoms with van der Waals surface area (Å²) < 4.78 is 26.8. The Balaban J connectivity index is 1.67. The van der Waals surface area contributed by atoms with Crippen LogP contribution >= 0.6 is 11.6 Å². The molecule has 3 heterocycles. The van der Waals surface area contributed by atoms with Gasteiger partial charge < -0.3 is 14.8 Å². The van der Waals surface area contributed by atoms with Gasteiger partial charge in [0.2, 0.25) is 0 Å². The van der Waals surface area contributed by atoms with Gasteiger partial charge >= 0.3 is 0 Å². The van der Waals surface area contributed by atoms with E-state index in [-0.39, 0.29) is 5.82 Å². The summed E-state index contributed by atoms with van der Waals surface area (Å²) in [5.74, 6) is 2.04. The maximum atomic E-state index is 13.5. The molecule has 28 heavy (non-hydrogen) atoms. The quantitative estimate of drug-likeness (QED) is 0.669. The minimum absolute atomic E-state index is 0.357. The van der Waals surface area contributed by atoms with Crippen molar-refractivity contribution in [1.29, 1.82) is 0 Å². The smallest absolute Gasteiger partial charge is 0.163 e. The summed E-state index contributed by atoms with van der Waals surface area (Å²) >= 11 is 6.35. The van der Waals surface area contributed by atoms with E-state index in [9.17, 15) is 4.39 Å². The number of anilines is 1. The van der Waals surface area contributed by atoms with Crippen LogP contribution < -0.4 is 14.8 Å². The largest absolute Gasteiger partial charge is 0.486 e. The van der Waals surface area contributed by atoms with Gasteiger partial charge in [-0.3, -0.25) is 0 Å². The van der Waals surface area contributed by atoms with Crippen LogP contribution in [0.3, 0.4) is 0 Å². The summed E-state index contributed by atoms with van der Waals surface area (Å²) in [4.78, 5) is 0. The van der Waals surface area contributed by atoms with Gasteiger partial charge in [-0.25, -0.2) is 9.07 Å². The van der Waals surface area contributed by atoms with Crippen LogP contribution in [0, 0.1) is 5.82 Å². The Hall–Kier alpha value is -2.73. The zero-order valence-electron chi connectivity index (χ0n) is 15.2. The van der Waals surface area contributed by atoms with Crippen molar-refractivity contribution >= 4 is 17.4 Å². The fraction of sp³-hybridized carbons (Fsp3) is 0.286. The molecule has 0 saturated heterocycles. The molecule has 2 aromatic carbocycles. The molecule has 0 saturated carbocycles. The van der Waals surface area contributed by atoms with Gasteiger partial charge in [-0.15, -0.1) is 0 Å². The molecule has 0 bridgehead atoms. The summed E-state index contributed by atoms with van der Waals surface area (Å²) in [6, 6.07) is 10.2. The molecule has 0 spiro atoms. The van der Waals surface area contributed by atoms with Crippen LogP contribution in [-0.2, 0) is 6.42 Å². The van der Waals surface area contributed by atoms with Crippen molar-refractivity contribution < 1.29 is 13.9 Å². The Morgan fingerprint density at radius 1 is 1.04 bits per heavy atom. The topological polar surface area (TPSA) is 48.3 Å². The van der Waals surface area contributed by atoms with Crippen molar-refractivity contribution in [2.75, 3.05) is 25.1 Å². The van der Waals surface area contributed by atoms with E-state index >= 15 is 0 Å². The average molecular weight is 400 g/mol. The lowest BCUT2D eigenvalue weighted by molar-refractivity contribution is 0.171. The number of rotatable bonds is 2. The second-order valence-corrected chi connectivity index (χ2v) is 7.33. The van der Waals surface area contributed by atoms with Crippen molar-refractivity contribution in [3.63, 3.8) is 0 Å². The molecule has 7 heteroatoms. The molecule has 5 rings (SSSR count). The molecule has 0 fully saturated rings. The van der Waals surface area contributed by atoms with Crippen LogP contribution in [0.15, 0.2) is 36.4 Å². The van der Waals surface area contributed by atoms with E-state index in [4.69, 9.17) is 26.2 Å². The molecule has 2 aliphatic rings. The number of hydrogen-bond acceptors (Lipinski definition) is 4. The van der Waals surface area contributed by atoms with Crippen molar-refractivity contribution in [2.24, 2.45) is 0 Å². The third kappa shape index (κ3) is 2.98. The van der Waals surface area contributed by atoms with E-state index in [0.717, 1.165) is 59.9 Å². The first-order valence-electron chi connectivity index (χ1n) is 9.42. The zero-order chi connectivity index (χ0) is 19.1. The number of hydrogen-bond donors (Lipinski definition) is 1. The Kier molecular flexibility index (Phi) is 4.36.